The highest BCUT2D eigenvalue weighted by molar-refractivity contribution is 7.89. The second-order valence-electron chi connectivity index (χ2n) is 5.27. The van der Waals surface area contributed by atoms with E-state index in [0.717, 1.165) is 5.56 Å². The fourth-order valence-corrected chi connectivity index (χ4v) is 3.46. The molecule has 3 rings (SSSR count). The molecule has 0 radical (unpaired) electrons. The summed E-state index contributed by atoms with van der Waals surface area (Å²) in [5.74, 6) is 0.0781. The Balaban J connectivity index is 1.67. The molecule has 6 nitrogen and oxygen atoms in total. The molecule has 1 heterocycles. The van der Waals surface area contributed by atoms with E-state index in [2.05, 4.69) is 10.0 Å². The van der Waals surface area contributed by atoms with E-state index in [1.54, 1.807) is 12.1 Å². The average molecular weight is 367 g/mol. The van der Waals surface area contributed by atoms with Gasteiger partial charge in [-0.25, -0.2) is 13.1 Å². The number of halogens is 1. The molecule has 0 saturated heterocycles. The van der Waals surface area contributed by atoms with Crippen LogP contribution in [0.5, 0.6) is 5.75 Å². The van der Waals surface area contributed by atoms with Gasteiger partial charge < -0.3 is 10.1 Å². The lowest BCUT2D eigenvalue weighted by molar-refractivity contribution is -0.118. The predicted molar refractivity (Wildman–Crippen MR) is 90.9 cm³/mol. The fourth-order valence-electron chi connectivity index (χ4n) is 2.29. The van der Waals surface area contributed by atoms with Gasteiger partial charge in [-0.3, -0.25) is 4.79 Å². The Morgan fingerprint density at radius 1 is 1.17 bits per heavy atom. The summed E-state index contributed by atoms with van der Waals surface area (Å²) in [7, 11) is -3.65. The first kappa shape index (κ1) is 16.8. The van der Waals surface area contributed by atoms with Gasteiger partial charge in [-0.15, -0.1) is 0 Å². The van der Waals surface area contributed by atoms with Crippen molar-refractivity contribution in [3.05, 3.63) is 53.1 Å². The van der Waals surface area contributed by atoms with Gasteiger partial charge in [0.2, 0.25) is 10.0 Å². The third kappa shape index (κ3) is 3.87. The SMILES string of the molecule is O=C1COc2cc(S(=O)(=O)NCCc3ccc(Cl)cc3)ccc2N1. The smallest absolute Gasteiger partial charge is 0.262 e. The van der Waals surface area contributed by atoms with Gasteiger partial charge in [0.25, 0.3) is 5.91 Å². The van der Waals surface area contributed by atoms with E-state index in [1.807, 2.05) is 12.1 Å². The molecule has 2 aromatic carbocycles. The highest BCUT2D eigenvalue weighted by Crippen LogP contribution is 2.30. The monoisotopic (exact) mass is 366 g/mol. The third-order valence-electron chi connectivity index (χ3n) is 3.52. The summed E-state index contributed by atoms with van der Waals surface area (Å²) in [6, 6.07) is 11.6. The number of fused-ring (bicyclic) bond motifs is 1. The second-order valence-corrected chi connectivity index (χ2v) is 7.47. The van der Waals surface area contributed by atoms with Gasteiger partial charge in [0.15, 0.2) is 6.61 Å². The Morgan fingerprint density at radius 2 is 1.92 bits per heavy atom. The summed E-state index contributed by atoms with van der Waals surface area (Å²) in [6.07, 6.45) is 0.550. The summed E-state index contributed by atoms with van der Waals surface area (Å²) in [4.78, 5) is 11.3. The molecule has 0 aromatic heterocycles. The number of benzene rings is 2. The van der Waals surface area contributed by atoms with Crippen LogP contribution in [0.1, 0.15) is 5.56 Å². The molecule has 8 heteroatoms. The van der Waals surface area contributed by atoms with Gasteiger partial charge in [-0.1, -0.05) is 23.7 Å². The van der Waals surface area contributed by atoms with Crippen LogP contribution in [-0.4, -0.2) is 27.5 Å². The van der Waals surface area contributed by atoms with Crippen molar-refractivity contribution in [1.29, 1.82) is 0 Å². The molecule has 24 heavy (non-hydrogen) atoms. The molecule has 0 fully saturated rings. The van der Waals surface area contributed by atoms with Crippen molar-refractivity contribution in [3.8, 4) is 5.75 Å². The number of rotatable bonds is 5. The molecule has 0 bridgehead atoms. The highest BCUT2D eigenvalue weighted by atomic mass is 35.5. The predicted octanol–water partition coefficient (Wildman–Crippen LogP) is 2.19. The summed E-state index contributed by atoms with van der Waals surface area (Å²) < 4.78 is 32.5. The van der Waals surface area contributed by atoms with E-state index in [4.69, 9.17) is 16.3 Å². The number of amides is 1. The largest absolute Gasteiger partial charge is 0.482 e. The van der Waals surface area contributed by atoms with Crippen molar-refractivity contribution < 1.29 is 17.9 Å². The first-order valence-corrected chi connectivity index (χ1v) is 9.11. The molecule has 1 amide bonds. The number of hydrogen-bond acceptors (Lipinski definition) is 4. The molecule has 0 spiro atoms. The summed E-state index contributed by atoms with van der Waals surface area (Å²) in [6.45, 7) is 0.138. The maximum Gasteiger partial charge on any atom is 0.262 e. The van der Waals surface area contributed by atoms with Crippen LogP contribution in [0.3, 0.4) is 0 Å². The van der Waals surface area contributed by atoms with Crippen LogP contribution in [0.25, 0.3) is 0 Å². The number of anilines is 1. The van der Waals surface area contributed by atoms with E-state index in [0.29, 0.717) is 22.9 Å². The molecule has 1 aliphatic heterocycles. The normalized spacial score (nSPS) is 13.8. The van der Waals surface area contributed by atoms with Crippen molar-refractivity contribution in [2.75, 3.05) is 18.5 Å². The van der Waals surface area contributed by atoms with Crippen molar-refractivity contribution >= 4 is 33.2 Å². The van der Waals surface area contributed by atoms with E-state index < -0.39 is 10.0 Å². The third-order valence-corrected chi connectivity index (χ3v) is 5.23. The van der Waals surface area contributed by atoms with Gasteiger partial charge in [-0.2, -0.15) is 0 Å². The maximum atomic E-state index is 12.4. The Bertz CT molecular complexity index is 866. The van der Waals surface area contributed by atoms with Crippen LogP contribution in [0.15, 0.2) is 47.4 Å². The first-order valence-electron chi connectivity index (χ1n) is 7.25. The Labute approximate surface area is 144 Å². The lowest BCUT2D eigenvalue weighted by Crippen LogP contribution is -2.27. The van der Waals surface area contributed by atoms with Gasteiger partial charge >= 0.3 is 0 Å². The Kier molecular flexibility index (Phi) is 4.75. The quantitative estimate of drug-likeness (QED) is 0.849. The van der Waals surface area contributed by atoms with Crippen molar-refractivity contribution in [2.24, 2.45) is 0 Å². The maximum absolute atomic E-state index is 12.4. The van der Waals surface area contributed by atoms with E-state index in [9.17, 15) is 13.2 Å². The van der Waals surface area contributed by atoms with Crippen molar-refractivity contribution in [2.45, 2.75) is 11.3 Å². The average Bonchev–Trinajstić information content (AvgIpc) is 2.56. The minimum Gasteiger partial charge on any atom is -0.482 e. The number of carbonyl (C=O) groups excluding carboxylic acids is 1. The van der Waals surface area contributed by atoms with E-state index >= 15 is 0 Å². The van der Waals surface area contributed by atoms with Crippen LogP contribution in [-0.2, 0) is 21.2 Å². The van der Waals surface area contributed by atoms with Crippen LogP contribution in [0.4, 0.5) is 5.69 Å². The number of hydrogen-bond donors (Lipinski definition) is 2. The molecule has 0 aliphatic carbocycles. The number of sulfonamides is 1. The van der Waals surface area contributed by atoms with Crippen LogP contribution >= 0.6 is 11.6 Å². The lowest BCUT2D eigenvalue weighted by atomic mass is 10.2. The molecule has 0 atom stereocenters. The summed E-state index contributed by atoms with van der Waals surface area (Å²) in [5.41, 5.74) is 1.45. The van der Waals surface area contributed by atoms with Crippen LogP contribution < -0.4 is 14.8 Å². The minimum absolute atomic E-state index is 0.0912. The first-order chi connectivity index (χ1) is 11.4. The van der Waals surface area contributed by atoms with Gasteiger partial charge in [0.05, 0.1) is 10.6 Å². The standard InChI is InChI=1S/C16H15ClN2O4S/c17-12-3-1-11(2-4-12)7-8-18-24(21,22)13-5-6-14-15(9-13)23-10-16(20)19-14/h1-6,9,18H,7-8,10H2,(H,19,20). The molecule has 2 N–H and O–H groups in total. The molecular weight excluding hydrogens is 352 g/mol. The molecular formula is C16H15ClN2O4S. The zero-order valence-electron chi connectivity index (χ0n) is 12.6. The second kappa shape index (κ2) is 6.80. The number of ether oxygens (including phenoxy) is 1. The van der Waals surface area contributed by atoms with Crippen molar-refractivity contribution in [3.63, 3.8) is 0 Å². The zero-order valence-corrected chi connectivity index (χ0v) is 14.2. The van der Waals surface area contributed by atoms with Crippen LogP contribution in [0.2, 0.25) is 5.02 Å². The molecule has 0 unspecified atom stereocenters. The number of carbonyl (C=O) groups is 1. The molecule has 1 aliphatic rings. The van der Waals surface area contributed by atoms with Gasteiger partial charge in [-0.05, 0) is 36.2 Å². The summed E-state index contributed by atoms with van der Waals surface area (Å²) >= 11 is 5.82. The summed E-state index contributed by atoms with van der Waals surface area (Å²) in [5, 5.41) is 3.26. The molecule has 0 saturated carbocycles. The Morgan fingerprint density at radius 3 is 2.67 bits per heavy atom. The molecule has 2 aromatic rings. The van der Waals surface area contributed by atoms with Crippen LogP contribution in [0, 0.1) is 0 Å². The van der Waals surface area contributed by atoms with Crippen molar-refractivity contribution in [1.82, 2.24) is 4.72 Å². The van der Waals surface area contributed by atoms with E-state index in [-0.39, 0.29) is 24.0 Å². The zero-order chi connectivity index (χ0) is 17.2. The van der Waals surface area contributed by atoms with Gasteiger partial charge in [0.1, 0.15) is 5.75 Å². The topological polar surface area (TPSA) is 84.5 Å². The minimum atomic E-state index is -3.65. The fraction of sp³-hybridized carbons (Fsp3) is 0.188. The lowest BCUT2D eigenvalue weighted by Gasteiger charge is -2.18. The van der Waals surface area contributed by atoms with Gasteiger partial charge in [0, 0.05) is 17.6 Å². The van der Waals surface area contributed by atoms with E-state index in [1.165, 1.54) is 18.2 Å². The number of nitrogens with one attached hydrogen (secondary N) is 2. The Hall–Kier alpha value is -2.09. The molecule has 126 valence electrons. The highest BCUT2D eigenvalue weighted by Gasteiger charge is 2.20.